The van der Waals surface area contributed by atoms with Gasteiger partial charge in [0.25, 0.3) is 0 Å². The van der Waals surface area contributed by atoms with E-state index in [1.165, 1.54) is 5.56 Å². The second kappa shape index (κ2) is 4.40. The van der Waals surface area contributed by atoms with Crippen molar-refractivity contribution in [3.8, 4) is 6.19 Å². The van der Waals surface area contributed by atoms with E-state index in [0.29, 0.717) is 12.5 Å². The van der Waals surface area contributed by atoms with Crippen LogP contribution in [0.5, 0.6) is 0 Å². The van der Waals surface area contributed by atoms with Crippen LogP contribution in [-0.4, -0.2) is 6.54 Å². The van der Waals surface area contributed by atoms with Gasteiger partial charge in [-0.15, -0.1) is 0 Å². The first-order valence-electron chi connectivity index (χ1n) is 4.01. The van der Waals surface area contributed by atoms with Gasteiger partial charge in [-0.1, -0.05) is 37.3 Å². The molecule has 0 heterocycles. The molecule has 1 aromatic rings. The third-order valence-electron chi connectivity index (χ3n) is 1.86. The Morgan fingerprint density at radius 3 is 2.67 bits per heavy atom. The van der Waals surface area contributed by atoms with Crippen molar-refractivity contribution < 1.29 is 0 Å². The molecule has 1 N–H and O–H groups in total. The first-order valence-corrected chi connectivity index (χ1v) is 4.01. The summed E-state index contributed by atoms with van der Waals surface area (Å²) in [7, 11) is 0. The van der Waals surface area contributed by atoms with Crippen molar-refractivity contribution in [3.63, 3.8) is 0 Å². The van der Waals surface area contributed by atoms with E-state index in [1.54, 1.807) is 0 Å². The van der Waals surface area contributed by atoms with Crippen LogP contribution in [0.1, 0.15) is 18.4 Å². The molecular weight excluding hydrogens is 148 g/mol. The Morgan fingerprint density at radius 1 is 1.42 bits per heavy atom. The van der Waals surface area contributed by atoms with Crippen molar-refractivity contribution >= 4 is 0 Å². The largest absolute Gasteiger partial charge is 0.323 e. The first-order chi connectivity index (χ1) is 5.84. The highest BCUT2D eigenvalue weighted by Crippen LogP contribution is 2.12. The SMILES string of the molecule is CC(CNC#N)c1ccccc1. The van der Waals surface area contributed by atoms with Crippen molar-refractivity contribution in [1.82, 2.24) is 5.32 Å². The lowest BCUT2D eigenvalue weighted by atomic mass is 10.0. The van der Waals surface area contributed by atoms with Crippen LogP contribution in [0.4, 0.5) is 0 Å². The zero-order valence-corrected chi connectivity index (χ0v) is 7.12. The maximum absolute atomic E-state index is 8.30. The molecule has 0 aliphatic rings. The molecule has 0 aliphatic heterocycles. The van der Waals surface area contributed by atoms with Gasteiger partial charge >= 0.3 is 0 Å². The zero-order chi connectivity index (χ0) is 8.81. The molecule has 1 rings (SSSR count). The van der Waals surface area contributed by atoms with E-state index in [0.717, 1.165) is 0 Å². The van der Waals surface area contributed by atoms with Crippen LogP contribution < -0.4 is 5.32 Å². The van der Waals surface area contributed by atoms with Crippen LogP contribution in [0.2, 0.25) is 0 Å². The zero-order valence-electron chi connectivity index (χ0n) is 7.12. The van der Waals surface area contributed by atoms with Crippen LogP contribution in [0.3, 0.4) is 0 Å². The van der Waals surface area contributed by atoms with Gasteiger partial charge < -0.3 is 5.32 Å². The molecule has 0 saturated heterocycles. The second-order valence-corrected chi connectivity index (χ2v) is 2.80. The fourth-order valence-electron chi connectivity index (χ4n) is 1.10. The summed E-state index contributed by atoms with van der Waals surface area (Å²) in [5.74, 6) is 0.394. The fourth-order valence-corrected chi connectivity index (χ4v) is 1.10. The number of nitriles is 1. The standard InChI is InChI=1S/C10H12N2/c1-9(7-12-8-11)10-5-3-2-4-6-10/h2-6,9,12H,7H2,1H3. The highest BCUT2D eigenvalue weighted by Gasteiger charge is 2.02. The molecule has 0 radical (unpaired) electrons. The van der Waals surface area contributed by atoms with Gasteiger partial charge in [0.05, 0.1) is 0 Å². The Bertz CT molecular complexity index is 261. The Hall–Kier alpha value is -1.49. The molecule has 1 unspecified atom stereocenters. The molecule has 0 fully saturated rings. The van der Waals surface area contributed by atoms with E-state index < -0.39 is 0 Å². The van der Waals surface area contributed by atoms with Gasteiger partial charge in [-0.3, -0.25) is 0 Å². The Kier molecular flexibility index (Phi) is 3.16. The maximum atomic E-state index is 8.30. The first kappa shape index (κ1) is 8.61. The molecule has 0 aromatic heterocycles. The maximum Gasteiger partial charge on any atom is 0.176 e. The minimum atomic E-state index is 0.394. The highest BCUT2D eigenvalue weighted by atomic mass is 14.8. The summed E-state index contributed by atoms with van der Waals surface area (Å²) in [6.07, 6.45) is 1.92. The molecule has 1 aromatic carbocycles. The molecule has 0 saturated carbocycles. The molecule has 2 heteroatoms. The normalized spacial score (nSPS) is 11.7. The van der Waals surface area contributed by atoms with Crippen LogP contribution in [0.15, 0.2) is 30.3 Å². The highest BCUT2D eigenvalue weighted by molar-refractivity contribution is 5.19. The van der Waals surface area contributed by atoms with Gasteiger partial charge in [-0.05, 0) is 11.5 Å². The summed E-state index contributed by atoms with van der Waals surface area (Å²) >= 11 is 0. The lowest BCUT2D eigenvalue weighted by Gasteiger charge is -2.09. The predicted molar refractivity (Wildman–Crippen MR) is 48.5 cm³/mol. The number of benzene rings is 1. The van der Waals surface area contributed by atoms with Gasteiger partial charge in [-0.25, -0.2) is 0 Å². The lowest BCUT2D eigenvalue weighted by molar-refractivity contribution is 0.708. The van der Waals surface area contributed by atoms with Crippen molar-refractivity contribution in [2.75, 3.05) is 6.54 Å². The van der Waals surface area contributed by atoms with E-state index in [4.69, 9.17) is 5.26 Å². The molecular formula is C10H12N2. The molecule has 62 valence electrons. The molecule has 0 aliphatic carbocycles. The van der Waals surface area contributed by atoms with Crippen molar-refractivity contribution in [1.29, 1.82) is 5.26 Å². The van der Waals surface area contributed by atoms with Crippen molar-refractivity contribution in [2.24, 2.45) is 0 Å². The number of nitrogens with zero attached hydrogens (tertiary/aromatic N) is 1. The summed E-state index contributed by atoms with van der Waals surface area (Å²) in [6, 6.07) is 10.2. The van der Waals surface area contributed by atoms with E-state index in [9.17, 15) is 0 Å². The van der Waals surface area contributed by atoms with Gasteiger partial charge in [0.1, 0.15) is 0 Å². The third-order valence-corrected chi connectivity index (χ3v) is 1.86. The molecule has 1 atom stereocenters. The molecule has 0 spiro atoms. The summed E-state index contributed by atoms with van der Waals surface area (Å²) in [5.41, 5.74) is 1.26. The van der Waals surface area contributed by atoms with E-state index in [2.05, 4.69) is 24.4 Å². The second-order valence-electron chi connectivity index (χ2n) is 2.80. The Morgan fingerprint density at radius 2 is 2.08 bits per heavy atom. The summed E-state index contributed by atoms with van der Waals surface area (Å²) in [4.78, 5) is 0. The molecule has 2 nitrogen and oxygen atoms in total. The summed E-state index contributed by atoms with van der Waals surface area (Å²) in [5, 5.41) is 11.0. The Labute approximate surface area is 72.8 Å². The van der Waals surface area contributed by atoms with Crippen LogP contribution in [-0.2, 0) is 0 Å². The van der Waals surface area contributed by atoms with Crippen LogP contribution in [0.25, 0.3) is 0 Å². The molecule has 0 bridgehead atoms. The van der Waals surface area contributed by atoms with Gasteiger partial charge in [0, 0.05) is 6.54 Å². The van der Waals surface area contributed by atoms with Gasteiger partial charge in [0.2, 0.25) is 0 Å². The van der Waals surface area contributed by atoms with Gasteiger partial charge in [0.15, 0.2) is 6.19 Å². The monoisotopic (exact) mass is 160 g/mol. The molecule has 0 amide bonds. The average molecular weight is 160 g/mol. The van der Waals surface area contributed by atoms with E-state index in [1.807, 2.05) is 24.4 Å². The van der Waals surface area contributed by atoms with Crippen molar-refractivity contribution in [3.05, 3.63) is 35.9 Å². The number of nitrogens with one attached hydrogen (secondary N) is 1. The predicted octanol–water partition coefficient (Wildman–Crippen LogP) is 1.86. The van der Waals surface area contributed by atoms with Crippen LogP contribution in [0, 0.1) is 11.5 Å². The van der Waals surface area contributed by atoms with Crippen LogP contribution >= 0.6 is 0 Å². The quantitative estimate of drug-likeness (QED) is 0.541. The number of hydrogen-bond acceptors (Lipinski definition) is 2. The summed E-state index contributed by atoms with van der Waals surface area (Å²) in [6.45, 7) is 2.81. The van der Waals surface area contributed by atoms with Crippen molar-refractivity contribution in [2.45, 2.75) is 12.8 Å². The van der Waals surface area contributed by atoms with Gasteiger partial charge in [-0.2, -0.15) is 5.26 Å². The molecule has 12 heavy (non-hydrogen) atoms. The Balaban J connectivity index is 2.55. The number of hydrogen-bond donors (Lipinski definition) is 1. The summed E-state index contributed by atoms with van der Waals surface area (Å²) < 4.78 is 0. The number of rotatable bonds is 3. The van der Waals surface area contributed by atoms with E-state index in [-0.39, 0.29) is 0 Å². The smallest absolute Gasteiger partial charge is 0.176 e. The average Bonchev–Trinajstić information content (AvgIpc) is 2.15. The minimum Gasteiger partial charge on any atom is -0.323 e. The third kappa shape index (κ3) is 2.28. The minimum absolute atomic E-state index is 0.394. The van der Waals surface area contributed by atoms with E-state index >= 15 is 0 Å². The topological polar surface area (TPSA) is 35.8 Å². The lowest BCUT2D eigenvalue weighted by Crippen LogP contribution is -2.13. The fraction of sp³-hybridized carbons (Fsp3) is 0.300.